The van der Waals surface area contributed by atoms with E-state index in [1.807, 2.05) is 31.2 Å². The van der Waals surface area contributed by atoms with Gasteiger partial charge in [-0.25, -0.2) is 18.1 Å². The number of sulfonamides is 1. The highest BCUT2D eigenvalue weighted by atomic mass is 35.5. The van der Waals surface area contributed by atoms with E-state index in [4.69, 9.17) is 27.9 Å². The van der Waals surface area contributed by atoms with Crippen LogP contribution < -0.4 is 14.4 Å². The minimum absolute atomic E-state index is 0.0491. The molecule has 0 radical (unpaired) electrons. The Morgan fingerprint density at radius 1 is 1.06 bits per heavy atom. The van der Waals surface area contributed by atoms with Gasteiger partial charge >= 0.3 is 0 Å². The minimum Gasteiger partial charge on any atom is -0.439 e. The molecule has 0 amide bonds. The zero-order valence-electron chi connectivity index (χ0n) is 20.5. The van der Waals surface area contributed by atoms with Gasteiger partial charge in [0.2, 0.25) is 15.9 Å². The van der Waals surface area contributed by atoms with E-state index in [-0.39, 0.29) is 9.92 Å². The summed E-state index contributed by atoms with van der Waals surface area (Å²) in [5.41, 5.74) is 2.74. The fraction of sp³-hybridized carbons (Fsp3) is 0.346. The van der Waals surface area contributed by atoms with Crippen molar-refractivity contribution in [2.45, 2.75) is 31.2 Å². The molecule has 1 fully saturated rings. The van der Waals surface area contributed by atoms with Crippen LogP contribution in [0.4, 0.5) is 5.69 Å². The maximum Gasteiger partial charge on any atom is 0.241 e. The van der Waals surface area contributed by atoms with Gasteiger partial charge in [-0.2, -0.15) is 0 Å². The maximum atomic E-state index is 13.0. The van der Waals surface area contributed by atoms with Gasteiger partial charge in [-0.3, -0.25) is 0 Å². The molecule has 0 spiro atoms. The first kappa shape index (κ1) is 26.7. The Hall–Kier alpha value is -2.36. The van der Waals surface area contributed by atoms with Crippen LogP contribution >= 0.6 is 23.2 Å². The predicted molar refractivity (Wildman–Crippen MR) is 145 cm³/mol. The molecule has 1 aromatic heterocycles. The lowest BCUT2D eigenvalue weighted by Crippen LogP contribution is -2.44. The van der Waals surface area contributed by atoms with Crippen molar-refractivity contribution in [3.8, 4) is 11.6 Å². The quantitative estimate of drug-likeness (QED) is 0.398. The fourth-order valence-electron chi connectivity index (χ4n) is 4.26. The fourth-order valence-corrected chi connectivity index (χ4v) is 5.88. The molecule has 4 rings (SSSR count). The van der Waals surface area contributed by atoms with Gasteiger partial charge in [-0.05, 0) is 62.4 Å². The van der Waals surface area contributed by atoms with Gasteiger partial charge in [0.1, 0.15) is 5.75 Å². The Morgan fingerprint density at radius 2 is 1.81 bits per heavy atom. The molecule has 7 nitrogen and oxygen atoms in total. The molecule has 2 aromatic carbocycles. The third kappa shape index (κ3) is 6.12. The minimum atomic E-state index is -3.83. The smallest absolute Gasteiger partial charge is 0.241 e. The van der Waals surface area contributed by atoms with Gasteiger partial charge in [0, 0.05) is 55.7 Å². The SMILES string of the molecule is CCc1c(C(C)NS(=O)(=O)c2ccc(Cl)c(Cl)c2)ccnc1Oc1cccc(N2CCN(C)CC2)c1. The topological polar surface area (TPSA) is 74.8 Å². The lowest BCUT2D eigenvalue weighted by molar-refractivity contribution is 0.312. The molecule has 1 aliphatic heterocycles. The maximum absolute atomic E-state index is 13.0. The molecule has 0 bridgehead atoms. The summed E-state index contributed by atoms with van der Waals surface area (Å²) >= 11 is 12.0. The van der Waals surface area contributed by atoms with Gasteiger partial charge < -0.3 is 14.5 Å². The summed E-state index contributed by atoms with van der Waals surface area (Å²) in [6.45, 7) is 7.75. The van der Waals surface area contributed by atoms with Gasteiger partial charge in [-0.1, -0.05) is 36.2 Å². The number of halogens is 2. The molecule has 1 saturated heterocycles. The number of aromatic nitrogens is 1. The van der Waals surface area contributed by atoms with E-state index in [0.29, 0.717) is 23.1 Å². The summed E-state index contributed by atoms with van der Waals surface area (Å²) in [6.07, 6.45) is 2.26. The third-order valence-corrected chi connectivity index (χ3v) is 8.58. The third-order valence-electron chi connectivity index (χ3n) is 6.31. The van der Waals surface area contributed by atoms with Crippen LogP contribution in [0.3, 0.4) is 0 Å². The lowest BCUT2D eigenvalue weighted by atomic mass is 10.0. The number of hydrogen-bond acceptors (Lipinski definition) is 6. The van der Waals surface area contributed by atoms with Crippen molar-refractivity contribution < 1.29 is 13.2 Å². The first-order valence-electron chi connectivity index (χ1n) is 11.8. The van der Waals surface area contributed by atoms with Gasteiger partial charge in [0.25, 0.3) is 0 Å². The number of nitrogens with one attached hydrogen (secondary N) is 1. The number of anilines is 1. The van der Waals surface area contributed by atoms with Crippen molar-refractivity contribution in [1.29, 1.82) is 0 Å². The number of hydrogen-bond donors (Lipinski definition) is 1. The standard InChI is InChI=1S/C26H30Cl2N4O3S/c1-4-22-23(18(2)30-36(33,34)21-8-9-24(27)25(28)17-21)10-11-29-26(22)35-20-7-5-6-19(16-20)32-14-12-31(3)13-15-32/h5-11,16-18,30H,4,12-15H2,1-3H3. The van der Waals surface area contributed by atoms with Crippen molar-refractivity contribution >= 4 is 38.9 Å². The zero-order valence-corrected chi connectivity index (χ0v) is 22.9. The molecule has 0 saturated carbocycles. The average Bonchev–Trinajstić information content (AvgIpc) is 2.86. The summed E-state index contributed by atoms with van der Waals surface area (Å²) in [5, 5.41) is 0.476. The van der Waals surface area contributed by atoms with E-state index in [2.05, 4.69) is 32.6 Å². The number of benzene rings is 2. The number of likely N-dealkylation sites (N-methyl/N-ethyl adjacent to an activating group) is 1. The molecule has 1 N–H and O–H groups in total. The van der Waals surface area contributed by atoms with E-state index < -0.39 is 16.1 Å². The van der Waals surface area contributed by atoms with Crippen molar-refractivity contribution in [2.75, 3.05) is 38.1 Å². The average molecular weight is 550 g/mol. The van der Waals surface area contributed by atoms with Gasteiger partial charge in [0.15, 0.2) is 0 Å². The number of nitrogens with zero attached hydrogens (tertiary/aromatic N) is 3. The summed E-state index contributed by atoms with van der Waals surface area (Å²) < 4.78 is 35.0. The van der Waals surface area contributed by atoms with Crippen LogP contribution in [-0.2, 0) is 16.4 Å². The second kappa shape index (κ2) is 11.4. The van der Waals surface area contributed by atoms with Gasteiger partial charge in [0.05, 0.1) is 14.9 Å². The highest BCUT2D eigenvalue weighted by Crippen LogP contribution is 2.32. The molecule has 1 atom stereocenters. The normalized spacial score (nSPS) is 15.6. The summed E-state index contributed by atoms with van der Waals surface area (Å²) in [7, 11) is -1.70. The van der Waals surface area contributed by atoms with Gasteiger partial charge in [-0.15, -0.1) is 0 Å². The van der Waals surface area contributed by atoms with Crippen LogP contribution in [0.25, 0.3) is 0 Å². The highest BCUT2D eigenvalue weighted by molar-refractivity contribution is 7.89. The molecule has 1 unspecified atom stereocenters. The predicted octanol–water partition coefficient (Wildman–Crippen LogP) is 5.53. The first-order chi connectivity index (χ1) is 17.2. The molecule has 3 aromatic rings. The van der Waals surface area contributed by atoms with Crippen LogP contribution in [0.1, 0.15) is 31.0 Å². The summed E-state index contributed by atoms with van der Waals surface area (Å²) in [4.78, 5) is 9.17. The zero-order chi connectivity index (χ0) is 25.9. The van der Waals surface area contributed by atoms with Crippen LogP contribution in [0.15, 0.2) is 59.6 Å². The monoisotopic (exact) mass is 548 g/mol. The van der Waals surface area contributed by atoms with Crippen molar-refractivity contribution in [2.24, 2.45) is 0 Å². The number of ether oxygens (including phenoxy) is 1. The molecule has 36 heavy (non-hydrogen) atoms. The lowest BCUT2D eigenvalue weighted by Gasteiger charge is -2.34. The highest BCUT2D eigenvalue weighted by Gasteiger charge is 2.23. The molecular weight excluding hydrogens is 519 g/mol. The molecular formula is C26H30Cl2N4O3S. The molecule has 10 heteroatoms. The van der Waals surface area contributed by atoms with E-state index in [0.717, 1.165) is 43.0 Å². The summed E-state index contributed by atoms with van der Waals surface area (Å²) in [6, 6.07) is 13.5. The Balaban J connectivity index is 1.55. The molecule has 0 aliphatic carbocycles. The Morgan fingerprint density at radius 3 is 2.50 bits per heavy atom. The van der Waals surface area contributed by atoms with Crippen molar-refractivity contribution in [1.82, 2.24) is 14.6 Å². The molecule has 192 valence electrons. The van der Waals surface area contributed by atoms with Crippen molar-refractivity contribution in [3.05, 3.63) is 75.9 Å². The van der Waals surface area contributed by atoms with E-state index in [1.165, 1.54) is 18.2 Å². The Bertz CT molecular complexity index is 1330. The van der Waals surface area contributed by atoms with E-state index in [9.17, 15) is 8.42 Å². The number of piperazine rings is 1. The largest absolute Gasteiger partial charge is 0.439 e. The second-order valence-corrected chi connectivity index (χ2v) is 11.4. The molecule has 2 heterocycles. The van der Waals surface area contributed by atoms with Crippen LogP contribution in [-0.4, -0.2) is 51.5 Å². The molecule has 1 aliphatic rings. The first-order valence-corrected chi connectivity index (χ1v) is 14.1. The van der Waals surface area contributed by atoms with Crippen LogP contribution in [0, 0.1) is 0 Å². The van der Waals surface area contributed by atoms with Crippen LogP contribution in [0.2, 0.25) is 10.0 Å². The second-order valence-electron chi connectivity index (χ2n) is 8.85. The van der Waals surface area contributed by atoms with E-state index >= 15 is 0 Å². The van der Waals surface area contributed by atoms with E-state index in [1.54, 1.807) is 13.1 Å². The van der Waals surface area contributed by atoms with Crippen molar-refractivity contribution in [3.63, 3.8) is 0 Å². The number of rotatable bonds is 8. The number of pyridine rings is 1. The Kier molecular flexibility index (Phi) is 8.42. The Labute approximate surface area is 223 Å². The van der Waals surface area contributed by atoms with Crippen LogP contribution in [0.5, 0.6) is 11.6 Å². The summed E-state index contributed by atoms with van der Waals surface area (Å²) in [5.74, 6) is 1.15.